The number of amides is 1. The molecule has 4 N–H and O–H groups in total. The molecule has 0 radical (unpaired) electrons. The first-order valence-electron chi connectivity index (χ1n) is 9.04. The fourth-order valence-electron chi connectivity index (χ4n) is 3.28. The van der Waals surface area contributed by atoms with E-state index in [2.05, 4.69) is 40.7 Å². The lowest BCUT2D eigenvalue weighted by Gasteiger charge is -2.21. The van der Waals surface area contributed by atoms with E-state index in [0.29, 0.717) is 18.3 Å². The number of furan rings is 1. The topological polar surface area (TPSA) is 92.6 Å². The highest BCUT2D eigenvalue weighted by molar-refractivity contribution is 5.89. The molecule has 26 heavy (non-hydrogen) atoms. The quantitative estimate of drug-likeness (QED) is 0.568. The first-order valence-corrected chi connectivity index (χ1v) is 9.04. The molecule has 0 fully saturated rings. The van der Waals surface area contributed by atoms with E-state index < -0.39 is 5.91 Å². The summed E-state index contributed by atoms with van der Waals surface area (Å²) in [6, 6.07) is 10.2. The van der Waals surface area contributed by atoms with Gasteiger partial charge in [-0.25, -0.2) is 0 Å². The summed E-state index contributed by atoms with van der Waals surface area (Å²) in [5.74, 6) is 0.891. The minimum Gasteiger partial charge on any atom is -0.454 e. The van der Waals surface area contributed by atoms with Crippen LogP contribution in [0.1, 0.15) is 58.8 Å². The average molecular weight is 354 g/mol. The number of nitrogens with one attached hydrogen (secondary N) is 2. The van der Waals surface area contributed by atoms with E-state index in [1.807, 2.05) is 0 Å². The van der Waals surface area contributed by atoms with Gasteiger partial charge in [0, 0.05) is 7.05 Å². The maximum Gasteiger partial charge on any atom is 0.284 e. The minimum atomic E-state index is -0.570. The fourth-order valence-corrected chi connectivity index (χ4v) is 3.28. The highest BCUT2D eigenvalue weighted by Crippen LogP contribution is 2.24. The largest absolute Gasteiger partial charge is 0.454 e. The van der Waals surface area contributed by atoms with E-state index >= 15 is 0 Å². The van der Waals surface area contributed by atoms with Crippen LogP contribution in [-0.4, -0.2) is 18.9 Å². The molecule has 1 aromatic carbocycles. The van der Waals surface area contributed by atoms with E-state index in [1.54, 1.807) is 19.2 Å². The van der Waals surface area contributed by atoms with Crippen LogP contribution < -0.4 is 16.4 Å². The van der Waals surface area contributed by atoms with Gasteiger partial charge in [-0.2, -0.15) is 0 Å². The number of nitrogens with zero attached hydrogens (tertiary/aromatic N) is 1. The third-order valence-corrected chi connectivity index (χ3v) is 4.78. The lowest BCUT2D eigenvalue weighted by atomic mass is 9.89. The number of benzene rings is 1. The van der Waals surface area contributed by atoms with Crippen molar-refractivity contribution in [2.75, 3.05) is 7.05 Å². The number of primary amides is 1. The fraction of sp³-hybridized carbons (Fsp3) is 0.400. The summed E-state index contributed by atoms with van der Waals surface area (Å²) < 4.78 is 5.37. The monoisotopic (exact) mass is 354 g/mol. The Balaban J connectivity index is 1.59. The van der Waals surface area contributed by atoms with Crippen LogP contribution in [0.3, 0.4) is 0 Å². The molecule has 2 aromatic rings. The Labute approximate surface area is 153 Å². The molecule has 3 rings (SSSR count). The first kappa shape index (κ1) is 18.0. The summed E-state index contributed by atoms with van der Waals surface area (Å²) in [5.41, 5.74) is 9.41. The maximum absolute atomic E-state index is 11.1. The number of rotatable bonds is 5. The predicted molar refractivity (Wildman–Crippen MR) is 102 cm³/mol. The number of fused-ring (bicyclic) bond motifs is 1. The Morgan fingerprint density at radius 2 is 2.00 bits per heavy atom. The summed E-state index contributed by atoms with van der Waals surface area (Å²) in [6.45, 7) is 2.54. The molecule has 1 unspecified atom stereocenters. The zero-order valence-corrected chi connectivity index (χ0v) is 15.3. The Bertz CT molecular complexity index is 810. The average Bonchev–Trinajstić information content (AvgIpc) is 3.14. The molecule has 6 heteroatoms. The standard InChI is InChI=1S/C20H26N4O2/c1-13(15-8-7-14-5-3-4-6-16(14)11-15)24-20(22-2)23-12-17-9-10-18(26-17)19(21)25/h7-11,13H,3-6,12H2,1-2H3,(H2,21,25)(H2,22,23,24). The summed E-state index contributed by atoms with van der Waals surface area (Å²) in [6.07, 6.45) is 4.93. The predicted octanol–water partition coefficient (Wildman–Crippen LogP) is 2.68. The van der Waals surface area contributed by atoms with E-state index in [-0.39, 0.29) is 11.8 Å². The van der Waals surface area contributed by atoms with Crippen molar-refractivity contribution in [2.45, 2.75) is 45.2 Å². The van der Waals surface area contributed by atoms with Gasteiger partial charge < -0.3 is 20.8 Å². The maximum atomic E-state index is 11.1. The summed E-state index contributed by atoms with van der Waals surface area (Å²) in [7, 11) is 1.73. The molecule has 1 aliphatic rings. The molecule has 0 spiro atoms. The molecule has 1 atom stereocenters. The lowest BCUT2D eigenvalue weighted by molar-refractivity contribution is 0.0972. The smallest absolute Gasteiger partial charge is 0.284 e. The van der Waals surface area contributed by atoms with Crippen molar-refractivity contribution in [3.05, 3.63) is 58.5 Å². The first-order chi connectivity index (χ1) is 12.6. The van der Waals surface area contributed by atoms with Gasteiger partial charge in [0.25, 0.3) is 5.91 Å². The number of nitrogens with two attached hydrogens (primary N) is 1. The van der Waals surface area contributed by atoms with Crippen molar-refractivity contribution < 1.29 is 9.21 Å². The van der Waals surface area contributed by atoms with Crippen molar-refractivity contribution in [3.8, 4) is 0 Å². The number of aryl methyl sites for hydroxylation is 2. The molecule has 138 valence electrons. The van der Waals surface area contributed by atoms with E-state index in [1.165, 1.54) is 42.4 Å². The molecule has 0 saturated carbocycles. The Morgan fingerprint density at radius 1 is 1.23 bits per heavy atom. The van der Waals surface area contributed by atoms with Crippen LogP contribution in [0.5, 0.6) is 0 Å². The minimum absolute atomic E-state index is 0.131. The van der Waals surface area contributed by atoms with Crippen molar-refractivity contribution in [1.29, 1.82) is 0 Å². The zero-order chi connectivity index (χ0) is 18.5. The molecule has 0 aliphatic heterocycles. The SMILES string of the molecule is CN=C(NCc1ccc(C(N)=O)o1)NC(C)c1ccc2c(c1)CCCC2. The van der Waals surface area contributed by atoms with E-state index in [9.17, 15) is 4.79 Å². The number of carbonyl (C=O) groups is 1. The number of hydrogen-bond acceptors (Lipinski definition) is 3. The lowest BCUT2D eigenvalue weighted by Crippen LogP contribution is -2.38. The third kappa shape index (κ3) is 4.25. The Morgan fingerprint density at radius 3 is 2.69 bits per heavy atom. The second-order valence-electron chi connectivity index (χ2n) is 6.66. The van der Waals surface area contributed by atoms with Crippen LogP contribution in [0.15, 0.2) is 39.7 Å². The van der Waals surface area contributed by atoms with Crippen molar-refractivity contribution in [3.63, 3.8) is 0 Å². The van der Waals surface area contributed by atoms with Gasteiger partial charge >= 0.3 is 0 Å². The molecule has 1 heterocycles. The Hall–Kier alpha value is -2.76. The van der Waals surface area contributed by atoms with Crippen LogP contribution in [0.4, 0.5) is 0 Å². The second kappa shape index (κ2) is 8.08. The molecular formula is C20H26N4O2. The molecule has 1 aliphatic carbocycles. The summed E-state index contributed by atoms with van der Waals surface area (Å²) in [5, 5.41) is 6.59. The van der Waals surface area contributed by atoms with Gasteiger partial charge in [0.15, 0.2) is 11.7 Å². The van der Waals surface area contributed by atoms with Gasteiger partial charge in [-0.15, -0.1) is 0 Å². The molecule has 1 amide bonds. The van der Waals surface area contributed by atoms with Gasteiger partial charge in [0.2, 0.25) is 0 Å². The molecule has 0 bridgehead atoms. The summed E-state index contributed by atoms with van der Waals surface area (Å²) in [4.78, 5) is 15.3. The molecule has 6 nitrogen and oxygen atoms in total. The number of aliphatic imine (C=N–C) groups is 1. The Kier molecular flexibility index (Phi) is 5.61. The molecule has 0 saturated heterocycles. The third-order valence-electron chi connectivity index (χ3n) is 4.78. The normalized spacial score (nSPS) is 15.2. The van der Waals surface area contributed by atoms with Crippen molar-refractivity contribution in [1.82, 2.24) is 10.6 Å². The van der Waals surface area contributed by atoms with Crippen LogP contribution in [0.2, 0.25) is 0 Å². The van der Waals surface area contributed by atoms with Gasteiger partial charge in [-0.3, -0.25) is 9.79 Å². The highest BCUT2D eigenvalue weighted by Gasteiger charge is 2.14. The van der Waals surface area contributed by atoms with E-state index in [0.717, 1.165) is 0 Å². The van der Waals surface area contributed by atoms with Gasteiger partial charge in [0.1, 0.15) is 5.76 Å². The van der Waals surface area contributed by atoms with Gasteiger partial charge in [0.05, 0.1) is 12.6 Å². The van der Waals surface area contributed by atoms with Crippen LogP contribution in [0.25, 0.3) is 0 Å². The van der Waals surface area contributed by atoms with E-state index in [4.69, 9.17) is 10.2 Å². The number of guanidine groups is 1. The highest BCUT2D eigenvalue weighted by atomic mass is 16.3. The van der Waals surface area contributed by atoms with Crippen molar-refractivity contribution >= 4 is 11.9 Å². The number of carbonyl (C=O) groups excluding carboxylic acids is 1. The second-order valence-corrected chi connectivity index (χ2v) is 6.66. The van der Waals surface area contributed by atoms with Crippen molar-refractivity contribution in [2.24, 2.45) is 10.7 Å². The van der Waals surface area contributed by atoms with Crippen LogP contribution in [0, 0.1) is 0 Å². The van der Waals surface area contributed by atoms with Crippen LogP contribution in [-0.2, 0) is 19.4 Å². The number of hydrogen-bond donors (Lipinski definition) is 3. The zero-order valence-electron chi connectivity index (χ0n) is 15.3. The summed E-state index contributed by atoms with van der Waals surface area (Å²) >= 11 is 0. The van der Waals surface area contributed by atoms with Gasteiger partial charge in [-0.05, 0) is 61.4 Å². The van der Waals surface area contributed by atoms with Crippen LogP contribution >= 0.6 is 0 Å². The van der Waals surface area contributed by atoms with Gasteiger partial charge in [-0.1, -0.05) is 18.2 Å². The molecular weight excluding hydrogens is 328 g/mol. The molecule has 1 aromatic heterocycles.